The summed E-state index contributed by atoms with van der Waals surface area (Å²) in [6.07, 6.45) is 1.39. The highest BCUT2D eigenvalue weighted by atomic mass is 19.4. The largest absolute Gasteiger partial charge is 0.434 e. The number of alkyl halides is 3. The first-order chi connectivity index (χ1) is 10.8. The van der Waals surface area contributed by atoms with Gasteiger partial charge in [0.2, 0.25) is 0 Å². The third kappa shape index (κ3) is 3.30. The van der Waals surface area contributed by atoms with Crippen LogP contribution in [0.15, 0.2) is 18.7 Å². The van der Waals surface area contributed by atoms with Crippen molar-refractivity contribution >= 4 is 5.82 Å². The van der Waals surface area contributed by atoms with E-state index in [-0.39, 0.29) is 5.92 Å². The van der Waals surface area contributed by atoms with Crippen LogP contribution in [0, 0.1) is 12.8 Å². The zero-order valence-electron chi connectivity index (χ0n) is 13.0. The van der Waals surface area contributed by atoms with Crippen molar-refractivity contribution < 1.29 is 13.2 Å². The minimum Gasteiger partial charge on any atom is -0.359 e. The molecular weight excluding hydrogens is 307 g/mol. The van der Waals surface area contributed by atoms with Gasteiger partial charge in [-0.1, -0.05) is 0 Å². The smallest absolute Gasteiger partial charge is 0.359 e. The number of nitrogens with zero attached hydrogens (tertiary/aromatic N) is 5. The molecule has 2 aromatic heterocycles. The SMILES string of the molecule is Cc1cncnc1N(C)C[C@H]1CCc2nc(C(F)(F)F)cn2C1. The van der Waals surface area contributed by atoms with Crippen LogP contribution in [0.2, 0.25) is 0 Å². The standard InChI is InChI=1S/C15H18F3N5/c1-10-5-19-9-20-14(10)22(2)6-11-3-4-13-21-12(15(16,17)18)8-23(13)7-11/h5,8-9,11H,3-4,6-7H2,1-2H3/t11-/m1/s1. The summed E-state index contributed by atoms with van der Waals surface area (Å²) in [6.45, 7) is 3.22. The van der Waals surface area contributed by atoms with Gasteiger partial charge >= 0.3 is 6.18 Å². The second kappa shape index (κ2) is 5.82. The second-order valence-corrected chi connectivity index (χ2v) is 6.01. The summed E-state index contributed by atoms with van der Waals surface area (Å²) in [5.41, 5.74) is 0.182. The molecule has 0 spiro atoms. The number of aromatic nitrogens is 4. The predicted molar refractivity (Wildman–Crippen MR) is 79.1 cm³/mol. The average Bonchev–Trinajstić information content (AvgIpc) is 2.91. The molecule has 0 radical (unpaired) electrons. The van der Waals surface area contributed by atoms with Gasteiger partial charge in [0.05, 0.1) is 0 Å². The number of halogens is 3. The maximum Gasteiger partial charge on any atom is 0.434 e. The molecule has 2 aromatic rings. The number of aryl methyl sites for hydroxylation is 2. The third-order valence-corrected chi connectivity index (χ3v) is 4.14. The summed E-state index contributed by atoms with van der Waals surface area (Å²) in [6, 6.07) is 0. The van der Waals surface area contributed by atoms with Gasteiger partial charge in [0.15, 0.2) is 5.69 Å². The molecule has 1 aliphatic rings. The Hall–Kier alpha value is -2.12. The molecule has 5 nitrogen and oxygen atoms in total. The van der Waals surface area contributed by atoms with Gasteiger partial charge in [0.25, 0.3) is 0 Å². The van der Waals surface area contributed by atoms with E-state index in [0.717, 1.165) is 30.5 Å². The Labute approximate surface area is 132 Å². The highest BCUT2D eigenvalue weighted by Crippen LogP contribution is 2.31. The fourth-order valence-electron chi connectivity index (χ4n) is 3.07. The third-order valence-electron chi connectivity index (χ3n) is 4.14. The zero-order chi connectivity index (χ0) is 16.6. The molecule has 0 N–H and O–H groups in total. The van der Waals surface area contributed by atoms with E-state index in [9.17, 15) is 13.2 Å². The lowest BCUT2D eigenvalue weighted by molar-refractivity contribution is -0.141. The summed E-state index contributed by atoms with van der Waals surface area (Å²) in [7, 11) is 1.94. The summed E-state index contributed by atoms with van der Waals surface area (Å²) < 4.78 is 39.9. The molecule has 0 amide bonds. The highest BCUT2D eigenvalue weighted by molar-refractivity contribution is 5.43. The van der Waals surface area contributed by atoms with Gasteiger partial charge in [-0.15, -0.1) is 0 Å². The molecule has 3 rings (SSSR count). The van der Waals surface area contributed by atoms with Gasteiger partial charge in [-0.05, 0) is 19.3 Å². The van der Waals surface area contributed by atoms with Crippen LogP contribution in [-0.2, 0) is 19.1 Å². The van der Waals surface area contributed by atoms with E-state index < -0.39 is 11.9 Å². The Bertz CT molecular complexity index is 695. The molecule has 0 fully saturated rings. The maximum absolute atomic E-state index is 12.7. The Kier molecular flexibility index (Phi) is 3.99. The lowest BCUT2D eigenvalue weighted by atomic mass is 9.99. The summed E-state index contributed by atoms with van der Waals surface area (Å²) in [5.74, 6) is 1.64. The van der Waals surface area contributed by atoms with Crippen molar-refractivity contribution in [2.75, 3.05) is 18.5 Å². The predicted octanol–water partition coefficient (Wildman–Crippen LogP) is 2.70. The van der Waals surface area contributed by atoms with E-state index in [0.29, 0.717) is 18.8 Å². The number of imidazole rings is 1. The lowest BCUT2D eigenvalue weighted by Crippen LogP contribution is -2.32. The molecule has 0 saturated heterocycles. The summed E-state index contributed by atoms with van der Waals surface area (Å²) in [4.78, 5) is 14.0. The maximum atomic E-state index is 12.7. The number of anilines is 1. The number of rotatable bonds is 3. The molecule has 0 aliphatic carbocycles. The molecule has 8 heteroatoms. The van der Waals surface area contributed by atoms with E-state index in [4.69, 9.17) is 0 Å². The molecule has 1 aliphatic heterocycles. The van der Waals surface area contributed by atoms with Crippen molar-refractivity contribution in [3.63, 3.8) is 0 Å². The van der Waals surface area contributed by atoms with Crippen molar-refractivity contribution in [1.29, 1.82) is 0 Å². The van der Waals surface area contributed by atoms with Crippen LogP contribution in [-0.4, -0.2) is 33.1 Å². The van der Waals surface area contributed by atoms with Gasteiger partial charge in [0.1, 0.15) is 18.0 Å². The Morgan fingerprint density at radius 3 is 2.87 bits per heavy atom. The summed E-state index contributed by atoms with van der Waals surface area (Å²) >= 11 is 0. The minimum absolute atomic E-state index is 0.261. The number of hydrogen-bond acceptors (Lipinski definition) is 4. The van der Waals surface area contributed by atoms with Gasteiger partial charge in [-0.25, -0.2) is 15.0 Å². The van der Waals surface area contributed by atoms with E-state index in [2.05, 4.69) is 15.0 Å². The van der Waals surface area contributed by atoms with Crippen molar-refractivity contribution in [2.45, 2.75) is 32.5 Å². The van der Waals surface area contributed by atoms with Crippen LogP contribution < -0.4 is 4.90 Å². The topological polar surface area (TPSA) is 46.8 Å². The van der Waals surface area contributed by atoms with E-state index in [1.807, 2.05) is 18.9 Å². The molecule has 0 bridgehead atoms. The average molecular weight is 325 g/mol. The van der Waals surface area contributed by atoms with E-state index >= 15 is 0 Å². The van der Waals surface area contributed by atoms with Crippen LogP contribution in [0.25, 0.3) is 0 Å². The number of hydrogen-bond donors (Lipinski definition) is 0. The first kappa shape index (κ1) is 15.8. The zero-order valence-corrected chi connectivity index (χ0v) is 13.0. The number of fused-ring (bicyclic) bond motifs is 1. The second-order valence-electron chi connectivity index (χ2n) is 6.01. The van der Waals surface area contributed by atoms with Gasteiger partial charge in [-0.3, -0.25) is 0 Å². The van der Waals surface area contributed by atoms with E-state index in [1.54, 1.807) is 10.8 Å². The molecule has 0 unspecified atom stereocenters. The van der Waals surface area contributed by atoms with Gasteiger partial charge < -0.3 is 9.47 Å². The lowest BCUT2D eigenvalue weighted by Gasteiger charge is -2.29. The van der Waals surface area contributed by atoms with Gasteiger partial charge in [-0.2, -0.15) is 13.2 Å². The molecule has 3 heterocycles. The Balaban J connectivity index is 1.70. The molecule has 124 valence electrons. The fourth-order valence-corrected chi connectivity index (χ4v) is 3.07. The summed E-state index contributed by atoms with van der Waals surface area (Å²) in [5, 5.41) is 0. The van der Waals surface area contributed by atoms with Crippen LogP contribution in [0.4, 0.5) is 19.0 Å². The highest BCUT2D eigenvalue weighted by Gasteiger charge is 2.35. The van der Waals surface area contributed by atoms with Crippen LogP contribution in [0.1, 0.15) is 23.5 Å². The molecule has 23 heavy (non-hydrogen) atoms. The van der Waals surface area contributed by atoms with Crippen molar-refractivity contribution in [1.82, 2.24) is 19.5 Å². The Morgan fingerprint density at radius 1 is 1.39 bits per heavy atom. The fraction of sp³-hybridized carbons (Fsp3) is 0.533. The molecular formula is C15H18F3N5. The van der Waals surface area contributed by atoms with Crippen LogP contribution in [0.3, 0.4) is 0 Å². The van der Waals surface area contributed by atoms with Crippen molar-refractivity contribution in [2.24, 2.45) is 5.92 Å². The first-order valence-electron chi connectivity index (χ1n) is 7.45. The van der Waals surface area contributed by atoms with E-state index in [1.165, 1.54) is 6.33 Å². The first-order valence-corrected chi connectivity index (χ1v) is 7.45. The monoisotopic (exact) mass is 325 g/mol. The normalized spacial score (nSPS) is 17.9. The van der Waals surface area contributed by atoms with Crippen LogP contribution in [0.5, 0.6) is 0 Å². The van der Waals surface area contributed by atoms with Crippen molar-refractivity contribution in [3.05, 3.63) is 35.8 Å². The molecule has 0 saturated carbocycles. The van der Waals surface area contributed by atoms with Crippen LogP contribution >= 0.6 is 0 Å². The van der Waals surface area contributed by atoms with Gasteiger partial charge in [0, 0.05) is 44.5 Å². The minimum atomic E-state index is -4.38. The quantitative estimate of drug-likeness (QED) is 0.870. The Morgan fingerprint density at radius 2 is 2.17 bits per heavy atom. The molecule has 0 aromatic carbocycles. The molecule has 1 atom stereocenters. The van der Waals surface area contributed by atoms with Crippen molar-refractivity contribution in [3.8, 4) is 0 Å².